The van der Waals surface area contributed by atoms with E-state index in [1.165, 1.54) is 10.6 Å². The van der Waals surface area contributed by atoms with E-state index < -0.39 is 10.0 Å². The Morgan fingerprint density at radius 1 is 1.12 bits per heavy atom. The summed E-state index contributed by atoms with van der Waals surface area (Å²) in [5.41, 5.74) is 2.91. The fourth-order valence-electron chi connectivity index (χ4n) is 4.68. The van der Waals surface area contributed by atoms with Crippen molar-refractivity contribution < 1.29 is 8.42 Å². The minimum absolute atomic E-state index is 0.0537. The van der Waals surface area contributed by atoms with Crippen molar-refractivity contribution >= 4 is 33.0 Å². The minimum atomic E-state index is -3.24. The Morgan fingerprint density at radius 2 is 1.97 bits per heavy atom. The summed E-state index contributed by atoms with van der Waals surface area (Å²) in [6, 6.07) is 2.29. The summed E-state index contributed by atoms with van der Waals surface area (Å²) >= 11 is 0. The standard InChI is InChI=1S/C22H31N9O2S/c1-29(2)16-7-10-30(14-16)22-25-11-17(19-12-24-21-18(27-19)6-8-23-21)20(28-22)26-15-5-4-9-31(13-15)34(3,32)33/h6,8,11-12,15-16H,4-5,7,9-10,13-14H2,1-3H3,(H,23,24)(H,25,26,28)/t15?,16-/m1/s1. The van der Waals surface area contributed by atoms with Crippen molar-refractivity contribution in [3.8, 4) is 11.3 Å². The molecule has 1 unspecified atom stereocenters. The predicted molar refractivity (Wildman–Crippen MR) is 132 cm³/mol. The molecule has 2 aliphatic heterocycles. The van der Waals surface area contributed by atoms with Crippen LogP contribution < -0.4 is 10.2 Å². The number of nitrogens with zero attached hydrogens (tertiary/aromatic N) is 7. The molecule has 2 atom stereocenters. The average molecular weight is 486 g/mol. The molecule has 2 aliphatic rings. The van der Waals surface area contributed by atoms with Gasteiger partial charge in [-0.1, -0.05) is 0 Å². The minimum Gasteiger partial charge on any atom is -0.365 e. The predicted octanol–water partition coefficient (Wildman–Crippen LogP) is 1.39. The number of piperidine rings is 1. The Hall–Kier alpha value is -2.83. The van der Waals surface area contributed by atoms with Gasteiger partial charge in [0.15, 0.2) is 5.65 Å². The summed E-state index contributed by atoms with van der Waals surface area (Å²) in [4.78, 5) is 26.3. The SMILES string of the molecule is CN(C)[C@@H]1CCN(c2ncc(-c3cnc4[nH]ccc4n3)c(NC3CCCN(S(C)(=O)=O)C3)n2)C1. The molecule has 11 nitrogen and oxygen atoms in total. The van der Waals surface area contributed by atoms with Crippen LogP contribution in [0.2, 0.25) is 0 Å². The topological polar surface area (TPSA) is 123 Å². The second-order valence-corrected chi connectivity index (χ2v) is 11.3. The number of likely N-dealkylation sites (N-methyl/N-ethyl adjacent to an activating group) is 1. The van der Waals surface area contributed by atoms with E-state index in [-0.39, 0.29) is 6.04 Å². The monoisotopic (exact) mass is 485 g/mol. The Labute approximate surface area is 199 Å². The fraction of sp³-hybridized carbons (Fsp3) is 0.545. The van der Waals surface area contributed by atoms with Crippen LogP contribution in [-0.2, 0) is 10.0 Å². The van der Waals surface area contributed by atoms with E-state index >= 15 is 0 Å². The Morgan fingerprint density at radius 3 is 2.74 bits per heavy atom. The molecule has 0 amide bonds. The molecule has 5 heterocycles. The Bertz CT molecular complexity index is 1280. The second-order valence-electron chi connectivity index (χ2n) is 9.36. The maximum atomic E-state index is 12.1. The highest BCUT2D eigenvalue weighted by molar-refractivity contribution is 7.88. The number of aromatic amines is 1. The summed E-state index contributed by atoms with van der Waals surface area (Å²) in [5.74, 6) is 1.32. The van der Waals surface area contributed by atoms with Crippen LogP contribution in [0.4, 0.5) is 11.8 Å². The molecule has 0 radical (unpaired) electrons. The summed E-state index contributed by atoms with van der Waals surface area (Å²) in [6.07, 6.45) is 9.30. The molecule has 2 saturated heterocycles. The molecule has 0 aliphatic carbocycles. The van der Waals surface area contributed by atoms with Gasteiger partial charge in [0.1, 0.15) is 11.3 Å². The third-order valence-electron chi connectivity index (χ3n) is 6.68. The zero-order valence-corrected chi connectivity index (χ0v) is 20.6. The molecule has 3 aromatic heterocycles. The Kier molecular flexibility index (Phi) is 6.13. The zero-order valence-electron chi connectivity index (χ0n) is 19.8. The number of sulfonamides is 1. The maximum absolute atomic E-state index is 12.1. The second kappa shape index (κ2) is 9.08. The van der Waals surface area contributed by atoms with Crippen molar-refractivity contribution in [2.45, 2.75) is 31.3 Å². The van der Waals surface area contributed by atoms with Crippen LogP contribution in [0.25, 0.3) is 22.4 Å². The number of nitrogens with one attached hydrogen (secondary N) is 2. The highest BCUT2D eigenvalue weighted by Gasteiger charge is 2.29. The van der Waals surface area contributed by atoms with Gasteiger partial charge in [-0.25, -0.2) is 27.7 Å². The largest absolute Gasteiger partial charge is 0.365 e. The number of aromatic nitrogens is 5. The number of H-pyrrole nitrogens is 1. The van der Waals surface area contributed by atoms with E-state index in [9.17, 15) is 8.42 Å². The molecule has 34 heavy (non-hydrogen) atoms. The number of anilines is 2. The summed E-state index contributed by atoms with van der Waals surface area (Å²) in [6.45, 7) is 2.72. The fourth-order valence-corrected chi connectivity index (χ4v) is 5.59. The van der Waals surface area contributed by atoms with Gasteiger partial charge in [0.25, 0.3) is 0 Å². The van der Waals surface area contributed by atoms with Gasteiger partial charge in [-0.3, -0.25) is 0 Å². The van der Waals surface area contributed by atoms with Crippen molar-refractivity contribution in [1.82, 2.24) is 34.1 Å². The van der Waals surface area contributed by atoms with Crippen molar-refractivity contribution in [1.29, 1.82) is 0 Å². The molecule has 0 spiro atoms. The van der Waals surface area contributed by atoms with Gasteiger partial charge in [-0.2, -0.15) is 4.98 Å². The molecular formula is C22H31N9O2S. The molecule has 3 aromatic rings. The lowest BCUT2D eigenvalue weighted by atomic mass is 10.1. The van der Waals surface area contributed by atoms with E-state index in [0.29, 0.717) is 36.6 Å². The van der Waals surface area contributed by atoms with Crippen molar-refractivity contribution in [3.05, 3.63) is 24.7 Å². The molecular weight excluding hydrogens is 454 g/mol. The highest BCUT2D eigenvalue weighted by atomic mass is 32.2. The molecule has 0 bridgehead atoms. The quantitative estimate of drug-likeness (QED) is 0.533. The number of hydrogen-bond donors (Lipinski definition) is 2. The molecule has 0 saturated carbocycles. The van der Waals surface area contributed by atoms with Crippen LogP contribution in [0.5, 0.6) is 0 Å². The van der Waals surface area contributed by atoms with E-state index in [1.54, 1.807) is 12.4 Å². The summed E-state index contributed by atoms with van der Waals surface area (Å²) < 4.78 is 25.8. The molecule has 2 N–H and O–H groups in total. The van der Waals surface area contributed by atoms with E-state index in [2.05, 4.69) is 44.2 Å². The van der Waals surface area contributed by atoms with Crippen molar-refractivity contribution in [2.24, 2.45) is 0 Å². The lowest BCUT2D eigenvalue weighted by Crippen LogP contribution is -2.44. The Balaban J connectivity index is 1.48. The molecule has 5 rings (SSSR count). The van der Waals surface area contributed by atoms with Crippen LogP contribution in [-0.4, -0.2) is 101 Å². The van der Waals surface area contributed by atoms with E-state index in [0.717, 1.165) is 49.1 Å². The normalized spacial score (nSPS) is 22.1. The highest BCUT2D eigenvalue weighted by Crippen LogP contribution is 2.30. The first-order valence-electron chi connectivity index (χ1n) is 11.6. The van der Waals surface area contributed by atoms with Crippen molar-refractivity contribution in [3.63, 3.8) is 0 Å². The number of fused-ring (bicyclic) bond motifs is 1. The van der Waals surface area contributed by atoms with Crippen LogP contribution in [0.3, 0.4) is 0 Å². The van der Waals surface area contributed by atoms with Gasteiger partial charge in [-0.15, -0.1) is 0 Å². The first kappa shape index (κ1) is 22.9. The number of rotatable bonds is 6. The van der Waals surface area contributed by atoms with Gasteiger partial charge in [0, 0.05) is 50.7 Å². The van der Waals surface area contributed by atoms with E-state index in [4.69, 9.17) is 9.97 Å². The third kappa shape index (κ3) is 4.70. The first-order chi connectivity index (χ1) is 16.3. The van der Waals surface area contributed by atoms with Gasteiger partial charge in [-0.05, 0) is 39.4 Å². The zero-order chi connectivity index (χ0) is 23.9. The smallest absolute Gasteiger partial charge is 0.227 e. The first-order valence-corrected chi connectivity index (χ1v) is 13.4. The van der Waals surface area contributed by atoms with Crippen LogP contribution >= 0.6 is 0 Å². The molecule has 182 valence electrons. The lowest BCUT2D eigenvalue weighted by Gasteiger charge is -2.32. The van der Waals surface area contributed by atoms with Gasteiger partial charge < -0.3 is 20.1 Å². The molecule has 12 heteroatoms. The molecule has 0 aromatic carbocycles. The van der Waals surface area contributed by atoms with Gasteiger partial charge in [0.2, 0.25) is 16.0 Å². The number of hydrogen-bond acceptors (Lipinski definition) is 9. The van der Waals surface area contributed by atoms with Crippen LogP contribution in [0.1, 0.15) is 19.3 Å². The lowest BCUT2D eigenvalue weighted by molar-refractivity contribution is 0.315. The molecule has 2 fully saturated rings. The van der Waals surface area contributed by atoms with Gasteiger partial charge >= 0.3 is 0 Å². The third-order valence-corrected chi connectivity index (χ3v) is 7.95. The average Bonchev–Trinajstić information content (AvgIpc) is 3.48. The van der Waals surface area contributed by atoms with Crippen LogP contribution in [0, 0.1) is 0 Å². The summed E-state index contributed by atoms with van der Waals surface area (Å²) in [5, 5.41) is 3.52. The van der Waals surface area contributed by atoms with E-state index in [1.807, 2.05) is 12.3 Å². The van der Waals surface area contributed by atoms with Crippen molar-refractivity contribution in [2.75, 3.05) is 56.7 Å². The van der Waals surface area contributed by atoms with Crippen LogP contribution in [0.15, 0.2) is 24.7 Å². The maximum Gasteiger partial charge on any atom is 0.227 e. The summed E-state index contributed by atoms with van der Waals surface area (Å²) in [7, 11) is 0.945. The van der Waals surface area contributed by atoms with Gasteiger partial charge in [0.05, 0.1) is 23.7 Å².